The van der Waals surface area contributed by atoms with Crippen LogP contribution in [0.1, 0.15) is 56.0 Å². The Morgan fingerprint density at radius 1 is 1.08 bits per heavy atom. The number of aliphatic hydroxyl groups is 1. The van der Waals surface area contributed by atoms with E-state index in [1.54, 1.807) is 48.0 Å². The first-order chi connectivity index (χ1) is 23.4. The molecule has 0 bridgehead atoms. The van der Waals surface area contributed by atoms with Gasteiger partial charge < -0.3 is 29.1 Å². The Kier molecular flexibility index (Phi) is 13.5. The van der Waals surface area contributed by atoms with Gasteiger partial charge in [0.05, 0.1) is 48.8 Å². The highest BCUT2D eigenvalue weighted by Crippen LogP contribution is 2.30. The molecule has 49 heavy (non-hydrogen) atoms. The molecule has 0 saturated carbocycles. The molecule has 2 amide bonds. The van der Waals surface area contributed by atoms with Gasteiger partial charge in [-0.1, -0.05) is 37.3 Å². The fourth-order valence-corrected chi connectivity index (χ4v) is 6.74. The standard InChI is InChI=1S/C37H49N3O8S/c1-26-23-40(27(2)25-41)37(43)33-22-30(38-49(44,45)32-17-15-31(46-5)16-18-32)14-19-34(33)48-28(3)11-9-10-20-47-35(26)24-39(4)36(42)21-29-12-7-6-8-13-29/h6-8,12-19,22,26-28,35,38,41H,9-11,20-21,23-25H2,1-5H3/t26-,27+,28-,35+/m0/s1. The summed E-state index contributed by atoms with van der Waals surface area (Å²) in [5.41, 5.74) is 1.28. The van der Waals surface area contributed by atoms with Crippen LogP contribution in [0.4, 0.5) is 5.69 Å². The van der Waals surface area contributed by atoms with E-state index in [-0.39, 0.29) is 59.8 Å². The maximum absolute atomic E-state index is 14.4. The van der Waals surface area contributed by atoms with Crippen LogP contribution in [-0.2, 0) is 26.0 Å². The Bertz CT molecular complexity index is 1640. The second-order valence-corrected chi connectivity index (χ2v) is 14.4. The van der Waals surface area contributed by atoms with Crippen molar-refractivity contribution < 1.29 is 37.3 Å². The summed E-state index contributed by atoms with van der Waals surface area (Å²) >= 11 is 0. The highest BCUT2D eigenvalue weighted by molar-refractivity contribution is 7.92. The van der Waals surface area contributed by atoms with Crippen molar-refractivity contribution in [3.8, 4) is 11.5 Å². The van der Waals surface area contributed by atoms with Crippen LogP contribution in [0.3, 0.4) is 0 Å². The molecule has 1 heterocycles. The molecule has 4 atom stereocenters. The molecular formula is C37H49N3O8S. The molecule has 0 aromatic heterocycles. The molecule has 1 aliphatic rings. The maximum atomic E-state index is 14.4. The van der Waals surface area contributed by atoms with Crippen molar-refractivity contribution >= 4 is 27.5 Å². The van der Waals surface area contributed by atoms with Gasteiger partial charge in [-0.05, 0) is 81.1 Å². The third-order valence-corrected chi connectivity index (χ3v) is 10.1. The summed E-state index contributed by atoms with van der Waals surface area (Å²) in [6, 6.07) is 19.6. The van der Waals surface area contributed by atoms with Gasteiger partial charge in [-0.25, -0.2) is 8.42 Å². The zero-order valence-electron chi connectivity index (χ0n) is 29.0. The van der Waals surface area contributed by atoms with Crippen molar-refractivity contribution in [1.82, 2.24) is 9.80 Å². The van der Waals surface area contributed by atoms with Gasteiger partial charge in [-0.15, -0.1) is 0 Å². The summed E-state index contributed by atoms with van der Waals surface area (Å²) in [4.78, 5) is 30.8. The number of nitrogens with zero attached hydrogens (tertiary/aromatic N) is 2. The molecule has 0 fully saturated rings. The van der Waals surface area contributed by atoms with E-state index in [9.17, 15) is 23.1 Å². The predicted octanol–water partition coefficient (Wildman–Crippen LogP) is 4.99. The van der Waals surface area contributed by atoms with E-state index < -0.39 is 22.0 Å². The number of sulfonamides is 1. The van der Waals surface area contributed by atoms with Gasteiger partial charge in [0, 0.05) is 38.3 Å². The van der Waals surface area contributed by atoms with Crippen LogP contribution in [0.5, 0.6) is 11.5 Å². The Labute approximate surface area is 290 Å². The molecule has 0 unspecified atom stereocenters. The summed E-state index contributed by atoms with van der Waals surface area (Å²) in [5, 5.41) is 10.2. The van der Waals surface area contributed by atoms with Crippen molar-refractivity contribution in [2.45, 2.75) is 69.6 Å². The number of aliphatic hydroxyl groups excluding tert-OH is 1. The number of rotatable bonds is 10. The predicted molar refractivity (Wildman–Crippen MR) is 188 cm³/mol. The lowest BCUT2D eigenvalue weighted by Crippen LogP contribution is -2.48. The van der Waals surface area contributed by atoms with E-state index in [0.29, 0.717) is 31.1 Å². The molecule has 11 nitrogen and oxygen atoms in total. The number of nitrogens with one attached hydrogen (secondary N) is 1. The normalized spacial score (nSPS) is 19.9. The molecule has 12 heteroatoms. The summed E-state index contributed by atoms with van der Waals surface area (Å²) in [5.74, 6) is 0.150. The summed E-state index contributed by atoms with van der Waals surface area (Å²) in [6.45, 7) is 6.37. The summed E-state index contributed by atoms with van der Waals surface area (Å²) < 4.78 is 46.9. The van der Waals surface area contributed by atoms with Crippen molar-refractivity contribution in [2.75, 3.05) is 45.2 Å². The van der Waals surface area contributed by atoms with E-state index >= 15 is 0 Å². The molecule has 0 radical (unpaired) electrons. The van der Waals surface area contributed by atoms with Crippen molar-refractivity contribution in [1.29, 1.82) is 0 Å². The Morgan fingerprint density at radius 2 is 1.80 bits per heavy atom. The van der Waals surface area contributed by atoms with Crippen LogP contribution < -0.4 is 14.2 Å². The lowest BCUT2D eigenvalue weighted by molar-refractivity contribution is -0.131. The monoisotopic (exact) mass is 695 g/mol. The third kappa shape index (κ3) is 10.4. The second-order valence-electron chi connectivity index (χ2n) is 12.7. The van der Waals surface area contributed by atoms with Crippen molar-refractivity contribution in [2.24, 2.45) is 5.92 Å². The minimum Gasteiger partial charge on any atom is -0.497 e. The zero-order valence-corrected chi connectivity index (χ0v) is 29.8. The van der Waals surface area contributed by atoms with Gasteiger partial charge in [0.2, 0.25) is 5.91 Å². The fraction of sp³-hybridized carbons (Fsp3) is 0.459. The van der Waals surface area contributed by atoms with Gasteiger partial charge in [-0.3, -0.25) is 14.3 Å². The van der Waals surface area contributed by atoms with Crippen molar-refractivity contribution in [3.63, 3.8) is 0 Å². The summed E-state index contributed by atoms with van der Waals surface area (Å²) in [6.07, 6.45) is 1.95. The molecule has 1 aliphatic heterocycles. The van der Waals surface area contributed by atoms with E-state index in [2.05, 4.69) is 4.72 Å². The third-order valence-electron chi connectivity index (χ3n) is 8.75. The van der Waals surface area contributed by atoms with Crippen LogP contribution in [-0.4, -0.2) is 93.8 Å². The van der Waals surface area contributed by atoms with Gasteiger partial charge in [0.15, 0.2) is 0 Å². The highest BCUT2D eigenvalue weighted by atomic mass is 32.2. The number of amides is 2. The minimum absolute atomic E-state index is 0.0344. The van der Waals surface area contributed by atoms with Gasteiger partial charge in [0.1, 0.15) is 11.5 Å². The highest BCUT2D eigenvalue weighted by Gasteiger charge is 2.31. The molecule has 0 spiro atoms. The Balaban J connectivity index is 1.63. The zero-order chi connectivity index (χ0) is 35.6. The Hall–Kier alpha value is -4.13. The minimum atomic E-state index is -3.99. The van der Waals surface area contributed by atoms with Gasteiger partial charge in [-0.2, -0.15) is 0 Å². The number of carbonyl (C=O) groups is 2. The number of likely N-dealkylation sites (N-methyl/N-ethyl adjacent to an activating group) is 1. The lowest BCUT2D eigenvalue weighted by Gasteiger charge is -2.36. The molecule has 0 aliphatic carbocycles. The first kappa shape index (κ1) is 37.7. The second kappa shape index (κ2) is 17.5. The van der Waals surface area contributed by atoms with Crippen LogP contribution >= 0.6 is 0 Å². The van der Waals surface area contributed by atoms with Crippen molar-refractivity contribution in [3.05, 3.63) is 83.9 Å². The summed E-state index contributed by atoms with van der Waals surface area (Å²) in [7, 11) is -0.733. The molecule has 3 aromatic carbocycles. The molecule has 2 N–H and O–H groups in total. The molecule has 0 saturated heterocycles. The van der Waals surface area contributed by atoms with Crippen LogP contribution in [0.25, 0.3) is 0 Å². The lowest BCUT2D eigenvalue weighted by atomic mass is 10.0. The van der Waals surface area contributed by atoms with E-state index in [1.807, 2.05) is 44.2 Å². The first-order valence-electron chi connectivity index (χ1n) is 16.7. The topological polar surface area (TPSA) is 135 Å². The SMILES string of the molecule is COc1ccc(S(=O)(=O)Nc2ccc3c(c2)C(=O)N([C@H](C)CO)C[C@H](C)[C@@H](CN(C)C(=O)Cc2ccccc2)OCCCC[C@H](C)O3)cc1. The Morgan fingerprint density at radius 3 is 2.47 bits per heavy atom. The van der Waals surface area contributed by atoms with Crippen LogP contribution in [0.15, 0.2) is 77.7 Å². The van der Waals surface area contributed by atoms with Crippen LogP contribution in [0, 0.1) is 5.92 Å². The van der Waals surface area contributed by atoms with E-state index in [4.69, 9.17) is 14.2 Å². The fourth-order valence-electron chi connectivity index (χ4n) is 5.69. The number of fused-ring (bicyclic) bond motifs is 1. The number of ether oxygens (including phenoxy) is 3. The number of hydrogen-bond donors (Lipinski definition) is 2. The van der Waals surface area contributed by atoms with Gasteiger partial charge in [0.25, 0.3) is 15.9 Å². The number of benzene rings is 3. The average Bonchev–Trinajstić information content (AvgIpc) is 3.09. The molecule has 266 valence electrons. The quantitative estimate of drug-likeness (QED) is 0.303. The molecule has 3 aromatic rings. The number of hydrogen-bond acceptors (Lipinski definition) is 8. The maximum Gasteiger partial charge on any atom is 0.261 e. The molecular weight excluding hydrogens is 646 g/mol. The first-order valence-corrected chi connectivity index (χ1v) is 18.2. The number of carbonyl (C=O) groups excluding carboxylic acids is 2. The van der Waals surface area contributed by atoms with E-state index in [1.165, 1.54) is 25.3 Å². The van der Waals surface area contributed by atoms with E-state index in [0.717, 1.165) is 18.4 Å². The number of anilines is 1. The van der Waals surface area contributed by atoms with Gasteiger partial charge >= 0.3 is 0 Å². The largest absolute Gasteiger partial charge is 0.497 e. The van der Waals surface area contributed by atoms with Crippen LogP contribution in [0.2, 0.25) is 0 Å². The number of methoxy groups -OCH3 is 1. The molecule has 4 rings (SSSR count). The average molecular weight is 696 g/mol. The smallest absolute Gasteiger partial charge is 0.261 e.